The fourth-order valence-electron chi connectivity index (χ4n) is 3.15. The molecule has 0 radical (unpaired) electrons. The van der Waals surface area contributed by atoms with Gasteiger partial charge in [0, 0.05) is 25.2 Å². The van der Waals surface area contributed by atoms with E-state index >= 15 is 0 Å². The highest BCUT2D eigenvalue weighted by Crippen LogP contribution is 2.29. The first-order valence-corrected chi connectivity index (χ1v) is 7.59. The molecule has 0 aromatic heterocycles. The Labute approximate surface area is 123 Å². The first kappa shape index (κ1) is 15.5. The van der Waals surface area contributed by atoms with Gasteiger partial charge in [0.25, 0.3) is 0 Å². The van der Waals surface area contributed by atoms with Gasteiger partial charge in [-0.2, -0.15) is 0 Å². The molecule has 0 amide bonds. The Bertz CT molecular complexity index is 472. The highest BCUT2D eigenvalue weighted by atomic mass is 16.5. The minimum atomic E-state index is 0.284. The molecule has 3 unspecified atom stereocenters. The van der Waals surface area contributed by atoms with Crippen molar-refractivity contribution >= 4 is 0 Å². The number of nitrogens with zero attached hydrogens (tertiary/aromatic N) is 1. The second-order valence-electron chi connectivity index (χ2n) is 6.23. The molecule has 112 valence electrons. The van der Waals surface area contributed by atoms with Gasteiger partial charge in [0.15, 0.2) is 0 Å². The molecule has 0 bridgehead atoms. The van der Waals surface area contributed by atoms with Crippen LogP contribution in [0.3, 0.4) is 0 Å². The number of benzene rings is 1. The third-order valence-corrected chi connectivity index (χ3v) is 4.52. The van der Waals surface area contributed by atoms with E-state index in [9.17, 15) is 0 Å². The lowest BCUT2D eigenvalue weighted by atomic mass is 9.93. The van der Waals surface area contributed by atoms with Gasteiger partial charge in [0.05, 0.1) is 12.7 Å². The fraction of sp³-hybridized carbons (Fsp3) is 0.647. The average Bonchev–Trinajstić information content (AvgIpc) is 2.40. The summed E-state index contributed by atoms with van der Waals surface area (Å²) in [5.41, 5.74) is 11.5. The number of rotatable bonds is 3. The maximum absolute atomic E-state index is 6.12. The summed E-state index contributed by atoms with van der Waals surface area (Å²) < 4.78 is 5.74. The van der Waals surface area contributed by atoms with Crippen LogP contribution in [0.5, 0.6) is 0 Å². The molecule has 0 spiro atoms. The van der Waals surface area contributed by atoms with E-state index in [4.69, 9.17) is 10.5 Å². The second kappa shape index (κ2) is 6.25. The molecule has 0 saturated carbocycles. The number of nitrogens with two attached hydrogens (primary N) is 1. The third-order valence-electron chi connectivity index (χ3n) is 4.52. The lowest BCUT2D eigenvalue weighted by molar-refractivity contribution is -0.0654. The summed E-state index contributed by atoms with van der Waals surface area (Å²) in [5.74, 6) is 0. The third kappa shape index (κ3) is 3.05. The maximum Gasteiger partial charge on any atom is 0.0675 e. The molecule has 1 fully saturated rings. The van der Waals surface area contributed by atoms with E-state index in [-0.39, 0.29) is 12.1 Å². The van der Waals surface area contributed by atoms with E-state index < -0.39 is 0 Å². The van der Waals surface area contributed by atoms with E-state index in [1.54, 1.807) is 0 Å². The van der Waals surface area contributed by atoms with Gasteiger partial charge in [-0.15, -0.1) is 0 Å². The zero-order valence-electron chi connectivity index (χ0n) is 13.4. The molecule has 1 saturated heterocycles. The summed E-state index contributed by atoms with van der Waals surface area (Å²) >= 11 is 0. The van der Waals surface area contributed by atoms with Gasteiger partial charge in [-0.05, 0) is 56.9 Å². The van der Waals surface area contributed by atoms with Crippen LogP contribution in [0.4, 0.5) is 0 Å². The molecule has 0 aliphatic carbocycles. The van der Waals surface area contributed by atoms with Crippen molar-refractivity contribution in [3.8, 4) is 0 Å². The quantitative estimate of drug-likeness (QED) is 0.922. The molecule has 3 nitrogen and oxygen atoms in total. The van der Waals surface area contributed by atoms with Crippen molar-refractivity contribution in [2.24, 2.45) is 5.73 Å². The molecule has 1 aliphatic rings. The smallest absolute Gasteiger partial charge is 0.0675 e. The molecule has 1 aliphatic heterocycles. The Kier molecular flexibility index (Phi) is 4.84. The van der Waals surface area contributed by atoms with Crippen LogP contribution in [0, 0.1) is 20.8 Å². The van der Waals surface area contributed by atoms with Crippen LogP contribution in [-0.4, -0.2) is 36.7 Å². The van der Waals surface area contributed by atoms with Gasteiger partial charge in [-0.3, -0.25) is 4.90 Å². The largest absolute Gasteiger partial charge is 0.376 e. The first-order valence-electron chi connectivity index (χ1n) is 7.59. The highest BCUT2D eigenvalue weighted by Gasteiger charge is 2.30. The molecule has 2 N–H and O–H groups in total. The number of morpholine rings is 1. The van der Waals surface area contributed by atoms with Gasteiger partial charge in [0.2, 0.25) is 0 Å². The highest BCUT2D eigenvalue weighted by molar-refractivity contribution is 5.38. The molecular formula is C17H28N2O. The predicted octanol–water partition coefficient (Wildman–Crippen LogP) is 2.72. The SMILES string of the molecule is Cc1cc(C)c(C(CN)N2CC(C)OCC2C)cc1C. The van der Waals surface area contributed by atoms with E-state index in [1.807, 2.05) is 0 Å². The Morgan fingerprint density at radius 2 is 1.85 bits per heavy atom. The Morgan fingerprint density at radius 3 is 2.50 bits per heavy atom. The van der Waals surface area contributed by atoms with Gasteiger partial charge in [0.1, 0.15) is 0 Å². The molecule has 20 heavy (non-hydrogen) atoms. The summed E-state index contributed by atoms with van der Waals surface area (Å²) in [7, 11) is 0. The molecular weight excluding hydrogens is 248 g/mol. The summed E-state index contributed by atoms with van der Waals surface area (Å²) in [6, 6.07) is 5.30. The van der Waals surface area contributed by atoms with E-state index in [0.29, 0.717) is 12.6 Å². The lowest BCUT2D eigenvalue weighted by Crippen LogP contribution is -2.50. The summed E-state index contributed by atoms with van der Waals surface area (Å²) in [6.07, 6.45) is 0.284. The molecule has 3 atom stereocenters. The van der Waals surface area contributed by atoms with Crippen LogP contribution in [0.15, 0.2) is 12.1 Å². The van der Waals surface area contributed by atoms with Crippen molar-refractivity contribution < 1.29 is 4.74 Å². The van der Waals surface area contributed by atoms with Crippen molar-refractivity contribution in [2.75, 3.05) is 19.7 Å². The van der Waals surface area contributed by atoms with Crippen LogP contribution >= 0.6 is 0 Å². The number of ether oxygens (including phenoxy) is 1. The van der Waals surface area contributed by atoms with E-state index in [0.717, 1.165) is 13.2 Å². The molecule has 3 heteroatoms. The zero-order valence-corrected chi connectivity index (χ0v) is 13.4. The minimum Gasteiger partial charge on any atom is -0.376 e. The fourth-order valence-corrected chi connectivity index (χ4v) is 3.15. The lowest BCUT2D eigenvalue weighted by Gasteiger charge is -2.42. The normalized spacial score (nSPS) is 25.7. The zero-order chi connectivity index (χ0) is 14.9. The number of hydrogen-bond acceptors (Lipinski definition) is 3. The van der Waals surface area contributed by atoms with Crippen molar-refractivity contribution in [3.05, 3.63) is 34.4 Å². The van der Waals surface area contributed by atoms with Gasteiger partial charge < -0.3 is 10.5 Å². The summed E-state index contributed by atoms with van der Waals surface area (Å²) in [5, 5.41) is 0. The van der Waals surface area contributed by atoms with Crippen LogP contribution < -0.4 is 5.73 Å². The second-order valence-corrected chi connectivity index (χ2v) is 6.23. The van der Waals surface area contributed by atoms with Crippen molar-refractivity contribution in [1.82, 2.24) is 4.90 Å². The Balaban J connectivity index is 2.34. The standard InChI is InChI=1S/C17H28N2O/c1-11-6-13(3)16(7-12(11)2)17(8-18)19-9-15(5)20-10-14(19)4/h6-7,14-15,17H,8-10,18H2,1-5H3. The minimum absolute atomic E-state index is 0.284. The van der Waals surface area contributed by atoms with Gasteiger partial charge >= 0.3 is 0 Å². The maximum atomic E-state index is 6.12. The van der Waals surface area contributed by atoms with Gasteiger partial charge in [-0.1, -0.05) is 12.1 Å². The van der Waals surface area contributed by atoms with E-state index in [2.05, 4.69) is 51.7 Å². The van der Waals surface area contributed by atoms with Crippen LogP contribution in [0.2, 0.25) is 0 Å². The van der Waals surface area contributed by atoms with E-state index in [1.165, 1.54) is 22.3 Å². The number of hydrogen-bond donors (Lipinski definition) is 1. The van der Waals surface area contributed by atoms with Crippen molar-refractivity contribution in [1.29, 1.82) is 0 Å². The summed E-state index contributed by atoms with van der Waals surface area (Å²) in [4.78, 5) is 2.51. The molecule has 1 heterocycles. The molecule has 2 rings (SSSR count). The van der Waals surface area contributed by atoms with Crippen molar-refractivity contribution in [2.45, 2.75) is 52.8 Å². The summed E-state index contributed by atoms with van der Waals surface area (Å²) in [6.45, 7) is 13.3. The van der Waals surface area contributed by atoms with Gasteiger partial charge in [-0.25, -0.2) is 0 Å². The Hall–Kier alpha value is -0.900. The predicted molar refractivity (Wildman–Crippen MR) is 84.0 cm³/mol. The molecule has 1 aromatic carbocycles. The van der Waals surface area contributed by atoms with Crippen LogP contribution in [-0.2, 0) is 4.74 Å². The number of aryl methyl sites for hydroxylation is 3. The topological polar surface area (TPSA) is 38.5 Å². The average molecular weight is 276 g/mol. The van der Waals surface area contributed by atoms with Crippen LogP contribution in [0.1, 0.15) is 42.1 Å². The van der Waals surface area contributed by atoms with Crippen LogP contribution in [0.25, 0.3) is 0 Å². The van der Waals surface area contributed by atoms with Crippen molar-refractivity contribution in [3.63, 3.8) is 0 Å². The Morgan fingerprint density at radius 1 is 1.20 bits per heavy atom. The first-order chi connectivity index (χ1) is 9.43. The monoisotopic (exact) mass is 276 g/mol. The molecule has 1 aromatic rings.